The molecule has 54 valence electrons. The Hall–Kier alpha value is -0.560. The predicted molar refractivity (Wildman–Crippen MR) is 40.8 cm³/mol. The number of hydrogen-bond donors (Lipinski definition) is 0. The maximum atomic E-state index is 5.20. The minimum Gasteiger partial charge on any atom is -0.368 e. The van der Waals surface area contributed by atoms with Gasteiger partial charge in [0.1, 0.15) is 6.10 Å². The van der Waals surface area contributed by atoms with E-state index in [1.54, 1.807) is 0 Å². The maximum Gasteiger partial charge on any atom is 0.102 e. The van der Waals surface area contributed by atoms with E-state index < -0.39 is 0 Å². The predicted octanol–water partition coefficient (Wildman–Crippen LogP) is 2.05. The Morgan fingerprint density at radius 3 is 3.00 bits per heavy atom. The summed E-state index contributed by atoms with van der Waals surface area (Å²) >= 11 is 0. The van der Waals surface area contributed by atoms with Gasteiger partial charge in [-0.3, -0.25) is 0 Å². The molecule has 1 atom stereocenters. The van der Waals surface area contributed by atoms with Crippen LogP contribution in [0.3, 0.4) is 0 Å². The van der Waals surface area contributed by atoms with Crippen molar-refractivity contribution in [2.24, 2.45) is 0 Å². The van der Waals surface area contributed by atoms with Crippen molar-refractivity contribution in [3.8, 4) is 0 Å². The number of ether oxygens (including phenoxy) is 1. The van der Waals surface area contributed by atoms with Gasteiger partial charge in [0.15, 0.2) is 0 Å². The van der Waals surface area contributed by atoms with Crippen molar-refractivity contribution in [2.45, 2.75) is 25.9 Å². The highest BCUT2D eigenvalue weighted by Gasteiger charge is 2.27. The molecule has 1 aliphatic heterocycles. The smallest absolute Gasteiger partial charge is 0.102 e. The van der Waals surface area contributed by atoms with E-state index in [1.807, 2.05) is 0 Å². The minimum atomic E-state index is 0.489. The molecule has 1 saturated heterocycles. The first-order valence-corrected chi connectivity index (χ1v) is 3.85. The van der Waals surface area contributed by atoms with Crippen molar-refractivity contribution < 1.29 is 4.74 Å². The zero-order valence-electron chi connectivity index (χ0n) is 6.26. The SMILES string of the molecule is CC1=CCCC(C2CO2)=C1. The molecule has 1 heteroatoms. The van der Waals surface area contributed by atoms with Gasteiger partial charge in [0.2, 0.25) is 0 Å². The molecule has 0 N–H and O–H groups in total. The summed E-state index contributed by atoms with van der Waals surface area (Å²) in [5.74, 6) is 0. The molecule has 0 bridgehead atoms. The average Bonchev–Trinajstić information content (AvgIpc) is 2.68. The second-order valence-corrected chi connectivity index (χ2v) is 3.03. The standard InChI is InChI=1S/C9H12O/c1-7-3-2-4-8(5-7)9-6-10-9/h3,5,9H,2,4,6H2,1H3. The van der Waals surface area contributed by atoms with E-state index in [4.69, 9.17) is 4.74 Å². The van der Waals surface area contributed by atoms with Crippen LogP contribution in [0.2, 0.25) is 0 Å². The lowest BCUT2D eigenvalue weighted by Crippen LogP contribution is -1.96. The molecule has 0 aromatic rings. The molecular weight excluding hydrogens is 124 g/mol. The highest BCUT2D eigenvalue weighted by molar-refractivity contribution is 5.29. The Balaban J connectivity index is 2.12. The Morgan fingerprint density at radius 2 is 2.40 bits per heavy atom. The molecule has 2 rings (SSSR count). The van der Waals surface area contributed by atoms with E-state index in [0.29, 0.717) is 6.10 Å². The molecule has 1 aliphatic carbocycles. The van der Waals surface area contributed by atoms with E-state index >= 15 is 0 Å². The van der Waals surface area contributed by atoms with Crippen molar-refractivity contribution in [3.63, 3.8) is 0 Å². The lowest BCUT2D eigenvalue weighted by atomic mass is 9.98. The van der Waals surface area contributed by atoms with Crippen molar-refractivity contribution >= 4 is 0 Å². The Labute approximate surface area is 61.4 Å². The third-order valence-corrected chi connectivity index (χ3v) is 2.06. The largest absolute Gasteiger partial charge is 0.368 e. The van der Waals surface area contributed by atoms with Crippen LogP contribution in [0.15, 0.2) is 23.3 Å². The summed E-state index contributed by atoms with van der Waals surface area (Å²) in [6.45, 7) is 3.11. The summed E-state index contributed by atoms with van der Waals surface area (Å²) in [6, 6.07) is 0. The van der Waals surface area contributed by atoms with Gasteiger partial charge in [0.25, 0.3) is 0 Å². The van der Waals surface area contributed by atoms with E-state index in [9.17, 15) is 0 Å². The van der Waals surface area contributed by atoms with E-state index in [2.05, 4.69) is 19.1 Å². The minimum absolute atomic E-state index is 0.489. The van der Waals surface area contributed by atoms with Crippen LogP contribution in [0.5, 0.6) is 0 Å². The van der Waals surface area contributed by atoms with Crippen LogP contribution in [0.4, 0.5) is 0 Å². The van der Waals surface area contributed by atoms with Crippen LogP contribution in [0.25, 0.3) is 0 Å². The van der Waals surface area contributed by atoms with E-state index in [0.717, 1.165) is 6.61 Å². The first-order valence-electron chi connectivity index (χ1n) is 3.85. The number of allylic oxidation sites excluding steroid dienone is 3. The lowest BCUT2D eigenvalue weighted by Gasteiger charge is -2.07. The molecule has 1 unspecified atom stereocenters. The highest BCUT2D eigenvalue weighted by atomic mass is 16.6. The van der Waals surface area contributed by atoms with Crippen molar-refractivity contribution in [3.05, 3.63) is 23.3 Å². The summed E-state index contributed by atoms with van der Waals surface area (Å²) in [4.78, 5) is 0. The molecule has 1 nitrogen and oxygen atoms in total. The van der Waals surface area contributed by atoms with Crippen molar-refractivity contribution in [2.75, 3.05) is 6.61 Å². The third kappa shape index (κ3) is 1.14. The quantitative estimate of drug-likeness (QED) is 0.502. The molecule has 0 spiro atoms. The van der Waals surface area contributed by atoms with E-state index in [-0.39, 0.29) is 0 Å². The fraction of sp³-hybridized carbons (Fsp3) is 0.556. The molecule has 1 heterocycles. The Morgan fingerprint density at radius 1 is 1.60 bits per heavy atom. The summed E-state index contributed by atoms with van der Waals surface area (Å²) < 4.78 is 5.20. The van der Waals surface area contributed by atoms with Gasteiger partial charge in [-0.15, -0.1) is 0 Å². The number of epoxide rings is 1. The number of rotatable bonds is 1. The number of hydrogen-bond acceptors (Lipinski definition) is 1. The molecule has 1 fully saturated rings. The molecule has 0 aromatic carbocycles. The van der Waals surface area contributed by atoms with Gasteiger partial charge in [0.05, 0.1) is 6.61 Å². The molecule has 2 aliphatic rings. The highest BCUT2D eigenvalue weighted by Crippen LogP contribution is 2.27. The summed E-state index contributed by atoms with van der Waals surface area (Å²) in [7, 11) is 0. The van der Waals surface area contributed by atoms with E-state index in [1.165, 1.54) is 24.0 Å². The van der Waals surface area contributed by atoms with Gasteiger partial charge in [-0.1, -0.05) is 17.7 Å². The van der Waals surface area contributed by atoms with Crippen LogP contribution in [-0.2, 0) is 4.74 Å². The molecule has 0 radical (unpaired) electrons. The lowest BCUT2D eigenvalue weighted by molar-refractivity contribution is 0.427. The van der Waals surface area contributed by atoms with Gasteiger partial charge in [-0.2, -0.15) is 0 Å². The molecular formula is C9H12O. The zero-order chi connectivity index (χ0) is 6.97. The van der Waals surface area contributed by atoms with Gasteiger partial charge < -0.3 is 4.74 Å². The zero-order valence-corrected chi connectivity index (χ0v) is 6.26. The second-order valence-electron chi connectivity index (χ2n) is 3.03. The molecule has 0 amide bonds. The second kappa shape index (κ2) is 2.24. The molecule has 0 aromatic heterocycles. The van der Waals surface area contributed by atoms with Crippen molar-refractivity contribution in [1.82, 2.24) is 0 Å². The molecule has 0 saturated carbocycles. The fourth-order valence-corrected chi connectivity index (χ4v) is 1.41. The van der Waals surface area contributed by atoms with Gasteiger partial charge in [-0.05, 0) is 25.3 Å². The van der Waals surface area contributed by atoms with Crippen LogP contribution in [0, 0.1) is 0 Å². The molecule has 10 heavy (non-hydrogen) atoms. The van der Waals surface area contributed by atoms with Crippen LogP contribution in [0.1, 0.15) is 19.8 Å². The Bertz CT molecular complexity index is 197. The van der Waals surface area contributed by atoms with Crippen LogP contribution in [-0.4, -0.2) is 12.7 Å². The Kier molecular flexibility index (Phi) is 1.38. The van der Waals surface area contributed by atoms with Crippen LogP contribution >= 0.6 is 0 Å². The van der Waals surface area contributed by atoms with Crippen LogP contribution < -0.4 is 0 Å². The van der Waals surface area contributed by atoms with Gasteiger partial charge in [-0.25, -0.2) is 0 Å². The summed E-state index contributed by atoms with van der Waals surface area (Å²) in [5.41, 5.74) is 2.90. The average molecular weight is 136 g/mol. The van der Waals surface area contributed by atoms with Crippen molar-refractivity contribution in [1.29, 1.82) is 0 Å². The third-order valence-electron chi connectivity index (χ3n) is 2.06. The monoisotopic (exact) mass is 136 g/mol. The maximum absolute atomic E-state index is 5.20. The normalized spacial score (nSPS) is 31.1. The topological polar surface area (TPSA) is 12.5 Å². The van der Waals surface area contributed by atoms with Gasteiger partial charge >= 0.3 is 0 Å². The first kappa shape index (κ1) is 6.17. The summed E-state index contributed by atoms with van der Waals surface area (Å²) in [5, 5.41) is 0. The summed E-state index contributed by atoms with van der Waals surface area (Å²) in [6.07, 6.45) is 7.45. The first-order chi connectivity index (χ1) is 4.86. The van der Waals surface area contributed by atoms with Gasteiger partial charge in [0, 0.05) is 0 Å². The fourth-order valence-electron chi connectivity index (χ4n) is 1.41.